The molecule has 0 aromatic heterocycles. The molecule has 3 rings (SSSR count). The van der Waals surface area contributed by atoms with E-state index in [4.69, 9.17) is 9.47 Å². The normalized spacial score (nSPS) is 12.9. The fourth-order valence-corrected chi connectivity index (χ4v) is 2.31. The lowest BCUT2D eigenvalue weighted by Gasteiger charge is -2.21. The number of fused-ring (bicyclic) bond motifs is 1. The molecule has 21 heavy (non-hydrogen) atoms. The lowest BCUT2D eigenvalue weighted by molar-refractivity contribution is 0.102. The predicted molar refractivity (Wildman–Crippen MR) is 81.3 cm³/mol. The first-order chi connectivity index (χ1) is 10.1. The molecule has 4 nitrogen and oxygen atoms in total. The van der Waals surface area contributed by atoms with Crippen LogP contribution in [0, 0.1) is 13.8 Å². The molecule has 1 amide bonds. The fourth-order valence-electron chi connectivity index (χ4n) is 2.31. The minimum Gasteiger partial charge on any atom is -0.486 e. The first-order valence-electron chi connectivity index (χ1n) is 6.92. The van der Waals surface area contributed by atoms with E-state index in [1.54, 1.807) is 6.07 Å². The van der Waals surface area contributed by atoms with Gasteiger partial charge < -0.3 is 14.8 Å². The molecule has 0 saturated carbocycles. The molecule has 1 N–H and O–H groups in total. The average molecular weight is 283 g/mol. The highest BCUT2D eigenvalue weighted by Gasteiger charge is 2.16. The van der Waals surface area contributed by atoms with Gasteiger partial charge in [-0.05, 0) is 37.6 Å². The molecule has 0 fully saturated rings. The summed E-state index contributed by atoms with van der Waals surface area (Å²) in [6.07, 6.45) is 0. The van der Waals surface area contributed by atoms with Crippen molar-refractivity contribution < 1.29 is 14.3 Å². The number of ether oxygens (including phenoxy) is 2. The van der Waals surface area contributed by atoms with Crippen LogP contribution in [-0.4, -0.2) is 19.1 Å². The lowest BCUT2D eigenvalue weighted by atomic mass is 10.1. The Morgan fingerprint density at radius 1 is 1.05 bits per heavy atom. The molecule has 0 bridgehead atoms. The maximum atomic E-state index is 12.2. The number of hydrogen-bond acceptors (Lipinski definition) is 3. The second-order valence-electron chi connectivity index (χ2n) is 5.14. The molecule has 0 atom stereocenters. The summed E-state index contributed by atoms with van der Waals surface area (Å²) in [5.74, 6) is 1.31. The SMILES string of the molecule is Cc1ccc(C(=O)Nc2cc(C)c3c(c2)OCCO3)cc1. The van der Waals surface area contributed by atoms with Crippen molar-refractivity contribution in [2.24, 2.45) is 0 Å². The number of nitrogens with one attached hydrogen (secondary N) is 1. The van der Waals surface area contributed by atoms with Crippen molar-refractivity contribution in [3.05, 3.63) is 53.1 Å². The minimum atomic E-state index is -0.133. The van der Waals surface area contributed by atoms with Crippen molar-refractivity contribution in [2.75, 3.05) is 18.5 Å². The van der Waals surface area contributed by atoms with Gasteiger partial charge in [-0.25, -0.2) is 0 Å². The summed E-state index contributed by atoms with van der Waals surface area (Å²) < 4.78 is 11.1. The largest absolute Gasteiger partial charge is 0.486 e. The smallest absolute Gasteiger partial charge is 0.255 e. The molecule has 1 heterocycles. The van der Waals surface area contributed by atoms with Crippen LogP contribution in [0.2, 0.25) is 0 Å². The predicted octanol–water partition coefficient (Wildman–Crippen LogP) is 3.33. The summed E-state index contributed by atoms with van der Waals surface area (Å²) in [5, 5.41) is 2.89. The minimum absolute atomic E-state index is 0.133. The summed E-state index contributed by atoms with van der Waals surface area (Å²) in [6.45, 7) is 5.02. The molecule has 2 aromatic carbocycles. The summed E-state index contributed by atoms with van der Waals surface area (Å²) in [6, 6.07) is 11.2. The second kappa shape index (κ2) is 5.48. The monoisotopic (exact) mass is 283 g/mol. The van der Waals surface area contributed by atoms with Gasteiger partial charge >= 0.3 is 0 Å². The highest BCUT2D eigenvalue weighted by molar-refractivity contribution is 6.04. The number of anilines is 1. The molecule has 0 radical (unpaired) electrons. The van der Waals surface area contributed by atoms with Crippen molar-refractivity contribution in [1.29, 1.82) is 0 Å². The molecule has 0 aliphatic carbocycles. The molecular weight excluding hydrogens is 266 g/mol. The van der Waals surface area contributed by atoms with Gasteiger partial charge in [0.25, 0.3) is 5.91 Å². The first-order valence-corrected chi connectivity index (χ1v) is 6.92. The van der Waals surface area contributed by atoms with Crippen LogP contribution in [0.25, 0.3) is 0 Å². The Labute approximate surface area is 123 Å². The average Bonchev–Trinajstić information content (AvgIpc) is 2.48. The van der Waals surface area contributed by atoms with Gasteiger partial charge in [-0.15, -0.1) is 0 Å². The van der Waals surface area contributed by atoms with E-state index in [-0.39, 0.29) is 5.91 Å². The highest BCUT2D eigenvalue weighted by atomic mass is 16.6. The van der Waals surface area contributed by atoms with Gasteiger partial charge in [0.1, 0.15) is 13.2 Å². The van der Waals surface area contributed by atoms with Crippen molar-refractivity contribution >= 4 is 11.6 Å². The van der Waals surface area contributed by atoms with Gasteiger partial charge in [-0.2, -0.15) is 0 Å². The number of benzene rings is 2. The standard InChI is InChI=1S/C17H17NO3/c1-11-3-5-13(6-4-11)17(19)18-14-9-12(2)16-15(10-14)20-7-8-21-16/h3-6,9-10H,7-8H2,1-2H3,(H,18,19). The Balaban J connectivity index is 1.83. The number of amides is 1. The molecule has 4 heteroatoms. The quantitative estimate of drug-likeness (QED) is 0.919. The highest BCUT2D eigenvalue weighted by Crippen LogP contribution is 2.36. The molecular formula is C17H17NO3. The fraction of sp³-hybridized carbons (Fsp3) is 0.235. The number of rotatable bonds is 2. The van der Waals surface area contributed by atoms with Crippen LogP contribution >= 0.6 is 0 Å². The van der Waals surface area contributed by atoms with Crippen LogP contribution < -0.4 is 14.8 Å². The van der Waals surface area contributed by atoms with Crippen molar-refractivity contribution in [2.45, 2.75) is 13.8 Å². The topological polar surface area (TPSA) is 47.6 Å². The number of carbonyl (C=O) groups excluding carboxylic acids is 1. The van der Waals surface area contributed by atoms with Crippen molar-refractivity contribution in [1.82, 2.24) is 0 Å². The Hall–Kier alpha value is -2.49. The number of aryl methyl sites for hydroxylation is 2. The number of hydrogen-bond donors (Lipinski definition) is 1. The van der Waals surface area contributed by atoms with Gasteiger partial charge in [0.15, 0.2) is 11.5 Å². The van der Waals surface area contributed by atoms with E-state index in [1.807, 2.05) is 44.2 Å². The zero-order valence-electron chi connectivity index (χ0n) is 12.1. The molecule has 0 spiro atoms. The van der Waals surface area contributed by atoms with Crippen LogP contribution in [0.1, 0.15) is 21.5 Å². The zero-order chi connectivity index (χ0) is 14.8. The maximum Gasteiger partial charge on any atom is 0.255 e. The van der Waals surface area contributed by atoms with Crippen LogP contribution in [0.5, 0.6) is 11.5 Å². The summed E-state index contributed by atoms with van der Waals surface area (Å²) in [7, 11) is 0. The van der Waals surface area contributed by atoms with E-state index in [9.17, 15) is 4.79 Å². The second-order valence-corrected chi connectivity index (χ2v) is 5.14. The Morgan fingerprint density at radius 3 is 2.52 bits per heavy atom. The molecule has 0 unspecified atom stereocenters. The van der Waals surface area contributed by atoms with Gasteiger partial charge in [0, 0.05) is 17.3 Å². The van der Waals surface area contributed by atoms with Crippen LogP contribution in [0.15, 0.2) is 36.4 Å². The van der Waals surface area contributed by atoms with Crippen LogP contribution in [0.4, 0.5) is 5.69 Å². The maximum absolute atomic E-state index is 12.2. The molecule has 1 aliphatic heterocycles. The van der Waals surface area contributed by atoms with Crippen LogP contribution in [0.3, 0.4) is 0 Å². The summed E-state index contributed by atoms with van der Waals surface area (Å²) in [4.78, 5) is 12.2. The summed E-state index contributed by atoms with van der Waals surface area (Å²) >= 11 is 0. The van der Waals surface area contributed by atoms with Gasteiger partial charge in [-0.3, -0.25) is 4.79 Å². The molecule has 1 aliphatic rings. The van der Waals surface area contributed by atoms with E-state index in [2.05, 4.69) is 5.32 Å². The number of carbonyl (C=O) groups is 1. The summed E-state index contributed by atoms with van der Waals surface area (Å²) in [5.41, 5.74) is 3.42. The third-order valence-electron chi connectivity index (χ3n) is 3.40. The van der Waals surface area contributed by atoms with Crippen LogP contribution in [-0.2, 0) is 0 Å². The van der Waals surface area contributed by atoms with Crippen molar-refractivity contribution in [3.63, 3.8) is 0 Å². The molecule has 2 aromatic rings. The van der Waals surface area contributed by atoms with Gasteiger partial charge in [-0.1, -0.05) is 17.7 Å². The van der Waals surface area contributed by atoms with E-state index < -0.39 is 0 Å². The van der Waals surface area contributed by atoms with Gasteiger partial charge in [0.2, 0.25) is 0 Å². The molecule has 108 valence electrons. The van der Waals surface area contributed by atoms with Crippen molar-refractivity contribution in [3.8, 4) is 11.5 Å². The van der Waals surface area contributed by atoms with E-state index in [1.165, 1.54) is 0 Å². The van der Waals surface area contributed by atoms with E-state index in [0.29, 0.717) is 30.2 Å². The zero-order valence-corrected chi connectivity index (χ0v) is 12.1. The third kappa shape index (κ3) is 2.84. The Kier molecular flexibility index (Phi) is 3.52. The van der Waals surface area contributed by atoms with E-state index >= 15 is 0 Å². The van der Waals surface area contributed by atoms with E-state index in [0.717, 1.165) is 16.9 Å². The Bertz CT molecular complexity index is 677. The third-order valence-corrected chi connectivity index (χ3v) is 3.40. The Morgan fingerprint density at radius 2 is 1.76 bits per heavy atom. The first kappa shape index (κ1) is 13.5. The molecule has 0 saturated heterocycles. The lowest BCUT2D eigenvalue weighted by Crippen LogP contribution is -2.17. The van der Waals surface area contributed by atoms with Gasteiger partial charge in [0.05, 0.1) is 0 Å².